The van der Waals surface area contributed by atoms with Gasteiger partial charge in [-0.3, -0.25) is 38.4 Å². The summed E-state index contributed by atoms with van der Waals surface area (Å²) in [6.07, 6.45) is 4.92. The molecule has 9 N–H and O–H groups in total. The number of thiol groups is 1. The molecule has 395 valence electrons. The third-order valence-electron chi connectivity index (χ3n) is 8.57. The van der Waals surface area contributed by atoms with Gasteiger partial charge in [-0.05, 0) is 88.7 Å². The first kappa shape index (κ1) is 73.6. The summed E-state index contributed by atoms with van der Waals surface area (Å²) < 4.78 is 13.4. The summed E-state index contributed by atoms with van der Waals surface area (Å²) in [4.78, 5) is 135. The average molecular weight is 1120 g/mol. The number of aliphatic carboxylic acids is 1. The third-order valence-corrected chi connectivity index (χ3v) is 10.6. The van der Waals surface area contributed by atoms with Crippen LogP contribution in [0.3, 0.4) is 0 Å². The molecule has 0 bridgehead atoms. The number of amides is 8. The summed E-state index contributed by atoms with van der Waals surface area (Å²) >= 11 is 6.69. The second kappa shape index (κ2) is 40.4. The number of methoxy groups -OCH3 is 3. The molecule has 1 radical (unpaired) electrons. The summed E-state index contributed by atoms with van der Waals surface area (Å²) in [5, 5.41) is 27.2. The van der Waals surface area contributed by atoms with Crippen molar-refractivity contribution in [3.8, 4) is 0 Å². The van der Waals surface area contributed by atoms with E-state index in [1.165, 1.54) is 99.7 Å². The molecule has 0 fully saturated rings. The van der Waals surface area contributed by atoms with Crippen LogP contribution in [0, 0.1) is 6.42 Å². The Morgan fingerprint density at radius 3 is 0.870 bits per heavy atom. The Balaban J connectivity index is -0.000000263. The largest absolute Gasteiger partial charge is 0.480 e. The SMILES string of the molecule is COC(=O)C(C)NC(=O)C(C)NC(=O)C(C)S.COC(=O)C(C)NC(=O)C(C)NC(=O)C(C)SC.CSC(C)C(=O)NC(C)C(=O)NC(C)C(=O)O.C[CH-]C(=O)NC(C)C(=O)NC(C)C(=O)OC.[Y]. The van der Waals surface area contributed by atoms with Crippen LogP contribution in [0.15, 0.2) is 0 Å². The van der Waals surface area contributed by atoms with Crippen molar-refractivity contribution in [3.63, 3.8) is 0 Å². The summed E-state index contributed by atoms with van der Waals surface area (Å²) in [5.74, 6) is -5.69. The first-order chi connectivity index (χ1) is 31.3. The molecule has 0 heterocycles. The summed E-state index contributed by atoms with van der Waals surface area (Å²) in [6.45, 7) is 18.6. The molecule has 0 aromatic heterocycles. The quantitative estimate of drug-likeness (QED) is 0.0259. The fraction of sp³-hybridized carbons (Fsp3) is 0.683. The van der Waals surface area contributed by atoms with E-state index in [4.69, 9.17) is 5.11 Å². The summed E-state index contributed by atoms with van der Waals surface area (Å²) in [5.41, 5.74) is 0. The standard InChI is InChI=1S/C11H20N2O4S.2C10H18N2O4S.C10H17N2O4.Y/c1-6(12-10(15)8(3)18-5)9(14)13-7(2)11(16)17-4;1-5(11-9(14)7(3)17-4)8(13)12-6(2)10(15)16;1-5(11-9(14)7(3)17)8(13)12-6(2)10(15)16-4;1-5-8(13)11-6(2)9(14)12-7(3)10(15)16-4;/h6-8H,1-5H3,(H,12,15)(H,13,14);5-7H,1-4H3,(H,11,14)(H,12,13)(H,15,16);5-7,17H,1-4H3,(H,11,14)(H,12,13);5-7H,1-4H3,(H,11,13)(H,12,14);/q;;;-1;. The van der Waals surface area contributed by atoms with Gasteiger partial charge >= 0.3 is 23.9 Å². The number of nitrogens with one attached hydrogen (secondary N) is 8. The Hall–Kier alpha value is -4.34. The van der Waals surface area contributed by atoms with Crippen LogP contribution in [-0.2, 0) is 104 Å². The number of esters is 3. The first-order valence-corrected chi connectivity index (χ1v) is 23.9. The minimum atomic E-state index is -1.12. The Bertz CT molecular complexity index is 1700. The molecule has 0 aliphatic carbocycles. The Morgan fingerprint density at radius 1 is 0.420 bits per heavy atom. The van der Waals surface area contributed by atoms with Crippen molar-refractivity contribution in [2.45, 2.75) is 147 Å². The molecule has 24 nitrogen and oxygen atoms in total. The molecule has 11 unspecified atom stereocenters. The second-order valence-corrected chi connectivity index (χ2v) is 17.6. The third kappa shape index (κ3) is 34.6. The van der Waals surface area contributed by atoms with Crippen LogP contribution in [0.25, 0.3) is 0 Å². The number of carbonyl (C=O) groups is 12. The van der Waals surface area contributed by atoms with Crippen molar-refractivity contribution in [3.05, 3.63) is 6.42 Å². The Kier molecular flexibility index (Phi) is 43.1. The minimum Gasteiger partial charge on any atom is -0.480 e. The molecule has 11 atom stereocenters. The van der Waals surface area contributed by atoms with Gasteiger partial charge in [0.25, 0.3) is 0 Å². The van der Waals surface area contributed by atoms with Crippen LogP contribution in [0.4, 0.5) is 0 Å². The van der Waals surface area contributed by atoms with Crippen molar-refractivity contribution < 1.29 is 110 Å². The molecule has 0 saturated heterocycles. The Labute approximate surface area is 444 Å². The van der Waals surface area contributed by atoms with E-state index in [0.29, 0.717) is 0 Å². The average Bonchev–Trinajstić information content (AvgIpc) is 3.29. The smallest absolute Gasteiger partial charge is 0.328 e. The van der Waals surface area contributed by atoms with Crippen LogP contribution >= 0.6 is 36.2 Å². The second-order valence-electron chi connectivity index (χ2n) is 14.5. The van der Waals surface area contributed by atoms with E-state index in [9.17, 15) is 57.5 Å². The zero-order valence-electron chi connectivity index (χ0n) is 42.3. The van der Waals surface area contributed by atoms with Crippen molar-refractivity contribution in [1.29, 1.82) is 0 Å². The van der Waals surface area contributed by atoms with Crippen molar-refractivity contribution >= 4 is 107 Å². The van der Waals surface area contributed by atoms with Crippen LogP contribution in [0.5, 0.6) is 0 Å². The zero-order chi connectivity index (χ0) is 54.2. The van der Waals surface area contributed by atoms with Crippen molar-refractivity contribution in [2.24, 2.45) is 0 Å². The Morgan fingerprint density at radius 2 is 0.652 bits per heavy atom. The van der Waals surface area contributed by atoms with Gasteiger partial charge in [0.15, 0.2) is 0 Å². The minimum absolute atomic E-state index is 0. The van der Waals surface area contributed by atoms with Gasteiger partial charge in [0.1, 0.15) is 48.3 Å². The van der Waals surface area contributed by atoms with E-state index in [2.05, 4.69) is 69.4 Å². The van der Waals surface area contributed by atoms with Crippen LogP contribution in [-0.4, -0.2) is 174 Å². The number of carbonyl (C=O) groups excluding carboxylic acids is 11. The number of hydrogen-bond donors (Lipinski definition) is 10. The van der Waals surface area contributed by atoms with Gasteiger partial charge in [0, 0.05) is 32.7 Å². The fourth-order valence-electron chi connectivity index (χ4n) is 3.89. The van der Waals surface area contributed by atoms with E-state index in [0.717, 1.165) is 0 Å². The van der Waals surface area contributed by atoms with Gasteiger partial charge in [-0.1, -0.05) is 0 Å². The molecule has 0 aromatic carbocycles. The molecular weight excluding hydrogens is 1050 g/mol. The predicted octanol–water partition coefficient (Wildman–Crippen LogP) is -1.37. The summed E-state index contributed by atoms with van der Waals surface area (Å²) in [6, 6.07) is -6.07. The van der Waals surface area contributed by atoms with Crippen LogP contribution in [0.1, 0.15) is 83.1 Å². The maximum atomic E-state index is 11.7. The topological polar surface area (TPSA) is 349 Å². The predicted molar refractivity (Wildman–Crippen MR) is 259 cm³/mol. The van der Waals surface area contributed by atoms with Gasteiger partial charge in [-0.15, -0.1) is 0 Å². The molecular formula is C41H73N8O16S3Y-. The van der Waals surface area contributed by atoms with E-state index >= 15 is 0 Å². The maximum absolute atomic E-state index is 11.7. The molecule has 0 rings (SSSR count). The molecule has 0 aromatic rings. The normalized spacial score (nSPS) is 14.6. The zero-order valence-corrected chi connectivity index (χ0v) is 47.7. The molecule has 8 amide bonds. The van der Waals surface area contributed by atoms with E-state index in [1.54, 1.807) is 40.9 Å². The fourth-order valence-corrected chi connectivity index (χ4v) is 4.53. The van der Waals surface area contributed by atoms with Crippen molar-refractivity contribution in [2.75, 3.05) is 33.8 Å². The number of hydrogen-bond acceptors (Lipinski definition) is 18. The van der Waals surface area contributed by atoms with Gasteiger partial charge < -0.3 is 73.1 Å². The maximum Gasteiger partial charge on any atom is 0.328 e. The van der Waals surface area contributed by atoms with Gasteiger partial charge in [-0.2, -0.15) is 43.1 Å². The first-order valence-electron chi connectivity index (χ1n) is 20.8. The van der Waals surface area contributed by atoms with Gasteiger partial charge in [0.2, 0.25) is 41.4 Å². The number of ether oxygens (including phenoxy) is 3. The number of carboxylic acid groups (broad SMARTS) is 1. The van der Waals surface area contributed by atoms with Crippen LogP contribution < -0.4 is 42.5 Å². The van der Waals surface area contributed by atoms with E-state index in [-0.39, 0.29) is 66.8 Å². The van der Waals surface area contributed by atoms with Gasteiger partial charge in [-0.25, -0.2) is 14.4 Å². The number of thioether (sulfide) groups is 2. The molecule has 28 heteroatoms. The molecule has 0 spiro atoms. The molecule has 0 aliphatic heterocycles. The molecule has 0 saturated carbocycles. The molecule has 69 heavy (non-hydrogen) atoms. The van der Waals surface area contributed by atoms with E-state index < -0.39 is 101 Å². The number of carboxylic acids is 1. The summed E-state index contributed by atoms with van der Waals surface area (Å²) in [7, 11) is 3.72. The van der Waals surface area contributed by atoms with Gasteiger partial charge in [0.05, 0.1) is 43.0 Å². The molecule has 0 aliphatic rings. The number of rotatable bonds is 22. The van der Waals surface area contributed by atoms with E-state index in [1.807, 2.05) is 6.26 Å². The van der Waals surface area contributed by atoms with Crippen molar-refractivity contribution in [1.82, 2.24) is 42.5 Å². The monoisotopic (exact) mass is 1120 g/mol. The van der Waals surface area contributed by atoms with Crippen LogP contribution in [0.2, 0.25) is 0 Å².